The molecule has 0 aliphatic carbocycles. The van der Waals surface area contributed by atoms with Crippen molar-refractivity contribution in [1.29, 1.82) is 0 Å². The summed E-state index contributed by atoms with van der Waals surface area (Å²) in [6, 6.07) is 10.4. The zero-order chi connectivity index (χ0) is 18.8. The average Bonchev–Trinajstić information content (AvgIpc) is 2.90. The maximum absolute atomic E-state index is 12.9. The zero-order valence-electron chi connectivity index (χ0n) is 13.8. The first kappa shape index (κ1) is 19.0. The molecule has 0 unspecified atom stereocenters. The standard InChI is InChI=1S/C18H13Cl2NO3S2/c1-23-14-5-3-4-10(16(14)24-2)8-15-17(22)21(18(25)26-15)11-6-7-12(19)13(20)9-11/h3-9H,1-2H3. The molecule has 0 spiro atoms. The van der Waals surface area contributed by atoms with Gasteiger partial charge in [0.05, 0.1) is 34.9 Å². The van der Waals surface area contributed by atoms with E-state index in [1.165, 1.54) is 16.7 Å². The van der Waals surface area contributed by atoms with E-state index in [1.54, 1.807) is 44.6 Å². The van der Waals surface area contributed by atoms with Gasteiger partial charge in [-0.2, -0.15) is 0 Å². The van der Waals surface area contributed by atoms with Crippen molar-refractivity contribution in [3.63, 3.8) is 0 Å². The molecule has 1 fully saturated rings. The monoisotopic (exact) mass is 425 g/mol. The molecule has 2 aromatic rings. The molecule has 1 amide bonds. The Morgan fingerprint density at radius 1 is 1.12 bits per heavy atom. The van der Waals surface area contributed by atoms with Crippen LogP contribution in [0.1, 0.15) is 5.56 Å². The normalized spacial score (nSPS) is 15.7. The summed E-state index contributed by atoms with van der Waals surface area (Å²) < 4.78 is 11.1. The number of ether oxygens (including phenoxy) is 2. The van der Waals surface area contributed by atoms with Crippen molar-refractivity contribution in [3.8, 4) is 11.5 Å². The summed E-state index contributed by atoms with van der Waals surface area (Å²) >= 11 is 18.6. The molecule has 0 bridgehead atoms. The van der Waals surface area contributed by atoms with Gasteiger partial charge in [0.15, 0.2) is 15.8 Å². The van der Waals surface area contributed by atoms with Crippen LogP contribution in [0, 0.1) is 0 Å². The first-order valence-corrected chi connectivity index (χ1v) is 9.38. The molecule has 8 heteroatoms. The highest BCUT2D eigenvalue weighted by molar-refractivity contribution is 8.27. The van der Waals surface area contributed by atoms with Crippen LogP contribution in [-0.2, 0) is 4.79 Å². The second kappa shape index (κ2) is 7.88. The minimum atomic E-state index is -0.233. The van der Waals surface area contributed by atoms with Crippen LogP contribution in [0.2, 0.25) is 10.0 Å². The predicted octanol–water partition coefficient (Wildman–Crippen LogP) is 5.42. The lowest BCUT2D eigenvalue weighted by molar-refractivity contribution is -0.113. The van der Waals surface area contributed by atoms with Gasteiger partial charge in [-0.05, 0) is 30.3 Å². The van der Waals surface area contributed by atoms with Gasteiger partial charge in [0.2, 0.25) is 0 Å². The number of methoxy groups -OCH3 is 2. The Hall–Kier alpha value is -1.73. The quantitative estimate of drug-likeness (QED) is 0.483. The maximum Gasteiger partial charge on any atom is 0.270 e. The summed E-state index contributed by atoms with van der Waals surface area (Å²) in [5.41, 5.74) is 1.30. The third-order valence-corrected chi connectivity index (χ3v) is 5.72. The summed E-state index contributed by atoms with van der Waals surface area (Å²) in [5, 5.41) is 0.772. The lowest BCUT2D eigenvalue weighted by atomic mass is 10.1. The SMILES string of the molecule is COc1cccc(C=C2SC(=S)N(c3ccc(Cl)c(Cl)c3)C2=O)c1OC. The van der Waals surface area contributed by atoms with E-state index in [9.17, 15) is 4.79 Å². The maximum atomic E-state index is 12.9. The molecule has 1 saturated heterocycles. The molecule has 26 heavy (non-hydrogen) atoms. The number of para-hydroxylation sites is 1. The number of hydrogen-bond donors (Lipinski definition) is 0. The summed E-state index contributed by atoms with van der Waals surface area (Å²) in [6.07, 6.45) is 1.73. The molecule has 0 atom stereocenters. The van der Waals surface area contributed by atoms with Crippen LogP contribution in [0.15, 0.2) is 41.3 Å². The van der Waals surface area contributed by atoms with E-state index in [0.29, 0.717) is 36.5 Å². The van der Waals surface area contributed by atoms with Crippen molar-refractivity contribution in [3.05, 3.63) is 56.9 Å². The van der Waals surface area contributed by atoms with Crippen LogP contribution in [-0.4, -0.2) is 24.4 Å². The van der Waals surface area contributed by atoms with Crippen LogP contribution < -0.4 is 14.4 Å². The highest BCUT2D eigenvalue weighted by Gasteiger charge is 2.33. The van der Waals surface area contributed by atoms with Gasteiger partial charge in [-0.1, -0.05) is 59.3 Å². The van der Waals surface area contributed by atoms with Gasteiger partial charge in [-0.15, -0.1) is 0 Å². The predicted molar refractivity (Wildman–Crippen MR) is 112 cm³/mol. The highest BCUT2D eigenvalue weighted by atomic mass is 35.5. The van der Waals surface area contributed by atoms with Gasteiger partial charge < -0.3 is 9.47 Å². The van der Waals surface area contributed by atoms with Crippen LogP contribution in [0.4, 0.5) is 5.69 Å². The Labute approximate surface area is 170 Å². The Morgan fingerprint density at radius 2 is 1.88 bits per heavy atom. The molecular formula is C18H13Cl2NO3S2. The largest absolute Gasteiger partial charge is 0.493 e. The molecule has 0 radical (unpaired) electrons. The van der Waals surface area contributed by atoms with Gasteiger partial charge in [-0.3, -0.25) is 9.69 Å². The van der Waals surface area contributed by atoms with Crippen LogP contribution in [0.3, 0.4) is 0 Å². The van der Waals surface area contributed by atoms with Gasteiger partial charge in [0, 0.05) is 5.56 Å². The molecule has 1 aliphatic heterocycles. The Kier molecular flexibility index (Phi) is 5.77. The molecule has 134 valence electrons. The second-order valence-corrected chi connectivity index (χ2v) is 7.69. The Balaban J connectivity index is 1.99. The number of rotatable bonds is 4. The third kappa shape index (κ3) is 3.55. The number of amides is 1. The fourth-order valence-electron chi connectivity index (χ4n) is 2.48. The Bertz CT molecular complexity index is 931. The average molecular weight is 426 g/mol. The minimum Gasteiger partial charge on any atom is -0.493 e. The van der Waals surface area contributed by atoms with Crippen molar-refractivity contribution < 1.29 is 14.3 Å². The van der Waals surface area contributed by atoms with Crippen molar-refractivity contribution in [2.45, 2.75) is 0 Å². The number of halogens is 2. The molecule has 3 rings (SSSR count). The van der Waals surface area contributed by atoms with Gasteiger partial charge in [-0.25, -0.2) is 0 Å². The fourth-order valence-corrected chi connectivity index (χ4v) is 4.06. The molecule has 2 aromatic carbocycles. The summed E-state index contributed by atoms with van der Waals surface area (Å²) in [7, 11) is 3.11. The molecule has 1 heterocycles. The van der Waals surface area contributed by atoms with E-state index in [0.717, 1.165) is 5.56 Å². The summed E-state index contributed by atoms with van der Waals surface area (Å²) in [5.74, 6) is 0.902. The molecule has 0 aromatic heterocycles. The van der Waals surface area contributed by atoms with Crippen molar-refractivity contribution in [1.82, 2.24) is 0 Å². The van der Waals surface area contributed by atoms with E-state index in [4.69, 9.17) is 44.9 Å². The number of anilines is 1. The van der Waals surface area contributed by atoms with Crippen LogP contribution in [0.25, 0.3) is 6.08 Å². The van der Waals surface area contributed by atoms with Crippen LogP contribution in [0.5, 0.6) is 11.5 Å². The van der Waals surface area contributed by atoms with Gasteiger partial charge in [0.25, 0.3) is 5.91 Å². The molecule has 4 nitrogen and oxygen atoms in total. The lowest BCUT2D eigenvalue weighted by Crippen LogP contribution is -2.27. The van der Waals surface area contributed by atoms with E-state index < -0.39 is 0 Å². The topological polar surface area (TPSA) is 38.8 Å². The number of thiocarbonyl (C=S) groups is 1. The molecule has 0 N–H and O–H groups in total. The lowest BCUT2D eigenvalue weighted by Gasteiger charge is -2.15. The van der Waals surface area contributed by atoms with Gasteiger partial charge in [0.1, 0.15) is 0 Å². The number of carbonyl (C=O) groups excluding carboxylic acids is 1. The number of thioether (sulfide) groups is 1. The highest BCUT2D eigenvalue weighted by Crippen LogP contribution is 2.40. The van der Waals surface area contributed by atoms with Crippen molar-refractivity contribution in [2.75, 3.05) is 19.1 Å². The number of carbonyl (C=O) groups is 1. The second-order valence-electron chi connectivity index (χ2n) is 5.20. The number of hydrogen-bond acceptors (Lipinski definition) is 5. The van der Waals surface area contributed by atoms with Gasteiger partial charge >= 0.3 is 0 Å². The Morgan fingerprint density at radius 3 is 2.54 bits per heavy atom. The van der Waals surface area contributed by atoms with E-state index in [-0.39, 0.29) is 5.91 Å². The molecule has 1 aliphatic rings. The molecule has 0 saturated carbocycles. The van der Waals surface area contributed by atoms with E-state index >= 15 is 0 Å². The minimum absolute atomic E-state index is 0.233. The zero-order valence-corrected chi connectivity index (χ0v) is 16.9. The third-order valence-electron chi connectivity index (χ3n) is 3.68. The smallest absolute Gasteiger partial charge is 0.270 e. The van der Waals surface area contributed by atoms with Crippen molar-refractivity contribution >= 4 is 69.2 Å². The van der Waals surface area contributed by atoms with Crippen LogP contribution >= 0.6 is 47.2 Å². The number of nitrogens with zero attached hydrogens (tertiary/aromatic N) is 1. The van der Waals surface area contributed by atoms with E-state index in [1.807, 2.05) is 12.1 Å². The summed E-state index contributed by atoms with van der Waals surface area (Å²) in [6.45, 7) is 0. The van der Waals surface area contributed by atoms with E-state index in [2.05, 4.69) is 0 Å². The molecular weight excluding hydrogens is 413 g/mol. The van der Waals surface area contributed by atoms with Crippen molar-refractivity contribution in [2.24, 2.45) is 0 Å². The summed E-state index contributed by atoms with van der Waals surface area (Å²) in [4.78, 5) is 14.8. The number of benzene rings is 2. The first-order valence-electron chi connectivity index (χ1n) is 7.40. The fraction of sp³-hybridized carbons (Fsp3) is 0.111. The first-order chi connectivity index (χ1) is 12.5.